The molecule has 0 N–H and O–H groups in total. The average molecular weight is 213 g/mol. The van der Waals surface area contributed by atoms with Crippen LogP contribution in [0.2, 0.25) is 0 Å². The van der Waals surface area contributed by atoms with Crippen LogP contribution in [-0.2, 0) is 19.1 Å². The van der Waals surface area contributed by atoms with Crippen LogP contribution in [0.3, 0.4) is 0 Å². The third-order valence-electron chi connectivity index (χ3n) is 2.37. The Morgan fingerprint density at radius 1 is 1.47 bits per heavy atom. The van der Waals surface area contributed by atoms with E-state index in [0.717, 1.165) is 5.71 Å². The molecule has 0 aromatic carbocycles. The molecular weight excluding hydrogens is 198 g/mol. The van der Waals surface area contributed by atoms with Crippen LogP contribution < -0.4 is 0 Å². The van der Waals surface area contributed by atoms with Crippen molar-refractivity contribution in [2.75, 3.05) is 13.7 Å². The fourth-order valence-corrected chi connectivity index (χ4v) is 1.60. The minimum Gasteiger partial charge on any atom is -0.467 e. The highest BCUT2D eigenvalue weighted by Crippen LogP contribution is 2.28. The Balaban J connectivity index is 2.98. The van der Waals surface area contributed by atoms with Gasteiger partial charge < -0.3 is 9.47 Å². The summed E-state index contributed by atoms with van der Waals surface area (Å²) in [4.78, 5) is 27.3. The van der Waals surface area contributed by atoms with Crippen LogP contribution >= 0.6 is 0 Å². The van der Waals surface area contributed by atoms with Crippen molar-refractivity contribution in [3.05, 3.63) is 0 Å². The SMILES string of the molecule is CCOC(=O)C1(C(=O)OC)CCC(C)=N1. The molecule has 1 unspecified atom stereocenters. The number of rotatable bonds is 3. The van der Waals surface area contributed by atoms with Gasteiger partial charge >= 0.3 is 11.9 Å². The number of hydrogen-bond acceptors (Lipinski definition) is 5. The Bertz CT molecular complexity index is 311. The molecule has 1 atom stereocenters. The second kappa shape index (κ2) is 4.42. The molecule has 1 rings (SSSR count). The Labute approximate surface area is 88.5 Å². The molecule has 0 aliphatic carbocycles. The average Bonchev–Trinajstić information content (AvgIpc) is 2.61. The van der Waals surface area contributed by atoms with Crippen molar-refractivity contribution in [1.82, 2.24) is 0 Å². The van der Waals surface area contributed by atoms with E-state index in [1.807, 2.05) is 0 Å². The van der Waals surface area contributed by atoms with Crippen LogP contribution in [0, 0.1) is 0 Å². The minimum absolute atomic E-state index is 0.228. The number of carbonyl (C=O) groups is 2. The Morgan fingerprint density at radius 3 is 2.53 bits per heavy atom. The normalized spacial score (nSPS) is 24.6. The lowest BCUT2D eigenvalue weighted by Gasteiger charge is -2.20. The predicted octanol–water partition coefficient (Wildman–Crippen LogP) is 0.716. The number of ether oxygens (including phenoxy) is 2. The molecule has 0 saturated carbocycles. The smallest absolute Gasteiger partial charge is 0.345 e. The van der Waals surface area contributed by atoms with Gasteiger partial charge in [0.1, 0.15) is 0 Å². The summed E-state index contributed by atoms with van der Waals surface area (Å²) >= 11 is 0. The molecule has 1 heterocycles. The zero-order valence-corrected chi connectivity index (χ0v) is 9.20. The first-order valence-corrected chi connectivity index (χ1v) is 4.87. The Hall–Kier alpha value is -1.39. The van der Waals surface area contributed by atoms with E-state index in [0.29, 0.717) is 12.8 Å². The summed E-state index contributed by atoms with van der Waals surface area (Å²) in [5, 5.41) is 0. The van der Waals surface area contributed by atoms with Gasteiger partial charge in [-0.2, -0.15) is 0 Å². The molecule has 0 aromatic heterocycles. The van der Waals surface area contributed by atoms with E-state index in [-0.39, 0.29) is 6.61 Å². The molecule has 0 spiro atoms. The predicted molar refractivity (Wildman–Crippen MR) is 53.7 cm³/mol. The minimum atomic E-state index is -1.45. The van der Waals surface area contributed by atoms with Crippen molar-refractivity contribution in [2.24, 2.45) is 4.99 Å². The second-order valence-electron chi connectivity index (χ2n) is 3.42. The first-order chi connectivity index (χ1) is 7.06. The van der Waals surface area contributed by atoms with E-state index >= 15 is 0 Å². The summed E-state index contributed by atoms with van der Waals surface area (Å²) in [6.45, 7) is 3.70. The Morgan fingerprint density at radius 2 is 2.13 bits per heavy atom. The lowest BCUT2D eigenvalue weighted by atomic mass is 9.97. The van der Waals surface area contributed by atoms with E-state index in [4.69, 9.17) is 4.74 Å². The highest BCUT2D eigenvalue weighted by molar-refractivity contribution is 6.09. The maximum atomic E-state index is 11.7. The van der Waals surface area contributed by atoms with E-state index in [2.05, 4.69) is 9.73 Å². The number of hydrogen-bond donors (Lipinski definition) is 0. The molecule has 0 fully saturated rings. The molecule has 84 valence electrons. The van der Waals surface area contributed by atoms with Crippen molar-refractivity contribution in [2.45, 2.75) is 32.2 Å². The molecule has 1 aliphatic heterocycles. The van der Waals surface area contributed by atoms with Gasteiger partial charge in [-0.3, -0.25) is 4.99 Å². The lowest BCUT2D eigenvalue weighted by Crippen LogP contribution is -2.45. The first kappa shape index (κ1) is 11.7. The van der Waals surface area contributed by atoms with Crippen LogP contribution in [0.5, 0.6) is 0 Å². The lowest BCUT2D eigenvalue weighted by molar-refractivity contribution is -0.162. The third kappa shape index (κ3) is 2.00. The quantitative estimate of drug-likeness (QED) is 0.511. The standard InChI is InChI=1S/C10H15NO4/c1-4-15-9(13)10(8(12)14-3)6-5-7(2)11-10/h4-6H2,1-3H3. The molecule has 0 aromatic rings. The summed E-state index contributed by atoms with van der Waals surface area (Å²) < 4.78 is 9.46. The number of aliphatic imine (C=N–C) groups is 1. The van der Waals surface area contributed by atoms with Gasteiger partial charge in [0.25, 0.3) is 5.54 Å². The fraction of sp³-hybridized carbons (Fsp3) is 0.700. The molecule has 0 amide bonds. The summed E-state index contributed by atoms with van der Waals surface area (Å²) in [6, 6.07) is 0. The highest BCUT2D eigenvalue weighted by Gasteiger charge is 2.51. The molecule has 1 aliphatic rings. The van der Waals surface area contributed by atoms with E-state index in [9.17, 15) is 9.59 Å². The number of carbonyl (C=O) groups excluding carboxylic acids is 2. The zero-order valence-electron chi connectivity index (χ0n) is 9.20. The van der Waals surface area contributed by atoms with Crippen LogP contribution in [0.1, 0.15) is 26.7 Å². The van der Waals surface area contributed by atoms with Gasteiger partial charge in [0, 0.05) is 5.71 Å². The third-order valence-corrected chi connectivity index (χ3v) is 2.37. The molecule has 15 heavy (non-hydrogen) atoms. The van der Waals surface area contributed by atoms with E-state index in [1.54, 1.807) is 13.8 Å². The summed E-state index contributed by atoms with van der Waals surface area (Å²) in [5.41, 5.74) is -0.678. The summed E-state index contributed by atoms with van der Waals surface area (Å²) in [6.07, 6.45) is 0.957. The van der Waals surface area contributed by atoms with Crippen molar-refractivity contribution >= 4 is 17.7 Å². The van der Waals surface area contributed by atoms with Crippen LogP contribution in [-0.4, -0.2) is 36.9 Å². The number of nitrogens with zero attached hydrogens (tertiary/aromatic N) is 1. The van der Waals surface area contributed by atoms with Gasteiger partial charge in [0.2, 0.25) is 0 Å². The molecule has 0 saturated heterocycles. The monoisotopic (exact) mass is 213 g/mol. The first-order valence-electron chi connectivity index (χ1n) is 4.87. The van der Waals surface area contributed by atoms with Crippen molar-refractivity contribution < 1.29 is 19.1 Å². The maximum Gasteiger partial charge on any atom is 0.345 e. The van der Waals surface area contributed by atoms with Gasteiger partial charge in [-0.1, -0.05) is 0 Å². The summed E-state index contributed by atoms with van der Waals surface area (Å²) in [5.74, 6) is -1.26. The van der Waals surface area contributed by atoms with Crippen LogP contribution in [0.15, 0.2) is 4.99 Å². The van der Waals surface area contributed by atoms with Crippen molar-refractivity contribution in [1.29, 1.82) is 0 Å². The molecule has 0 bridgehead atoms. The number of esters is 2. The fourth-order valence-electron chi connectivity index (χ4n) is 1.60. The van der Waals surface area contributed by atoms with Gasteiger partial charge in [-0.25, -0.2) is 9.59 Å². The topological polar surface area (TPSA) is 65.0 Å². The Kier molecular flexibility index (Phi) is 3.44. The van der Waals surface area contributed by atoms with Gasteiger partial charge in [0.05, 0.1) is 13.7 Å². The zero-order chi connectivity index (χ0) is 11.5. The molecule has 0 radical (unpaired) electrons. The summed E-state index contributed by atoms with van der Waals surface area (Å²) in [7, 11) is 1.24. The second-order valence-corrected chi connectivity index (χ2v) is 3.42. The van der Waals surface area contributed by atoms with Crippen LogP contribution in [0.4, 0.5) is 0 Å². The van der Waals surface area contributed by atoms with Crippen molar-refractivity contribution in [3.63, 3.8) is 0 Å². The largest absolute Gasteiger partial charge is 0.467 e. The van der Waals surface area contributed by atoms with Gasteiger partial charge in [-0.05, 0) is 26.7 Å². The molecule has 5 nitrogen and oxygen atoms in total. The van der Waals surface area contributed by atoms with Crippen LogP contribution in [0.25, 0.3) is 0 Å². The molecule has 5 heteroatoms. The van der Waals surface area contributed by atoms with E-state index < -0.39 is 17.5 Å². The van der Waals surface area contributed by atoms with Gasteiger partial charge in [0.15, 0.2) is 0 Å². The highest BCUT2D eigenvalue weighted by atomic mass is 16.6. The van der Waals surface area contributed by atoms with Crippen molar-refractivity contribution in [3.8, 4) is 0 Å². The van der Waals surface area contributed by atoms with E-state index in [1.165, 1.54) is 7.11 Å². The number of methoxy groups -OCH3 is 1. The molecular formula is C10H15NO4. The maximum absolute atomic E-state index is 11.7. The van der Waals surface area contributed by atoms with Gasteiger partial charge in [-0.15, -0.1) is 0 Å².